The number of ether oxygens (including phenoxy) is 2. The van der Waals surface area contributed by atoms with Crippen LogP contribution in [0, 0.1) is 25.5 Å². The molecule has 0 amide bonds. The van der Waals surface area contributed by atoms with Gasteiger partial charge in [0.15, 0.2) is 18.2 Å². The molecule has 0 saturated carbocycles. The molecule has 28 heavy (non-hydrogen) atoms. The van der Waals surface area contributed by atoms with Gasteiger partial charge >= 0.3 is 5.97 Å². The van der Waals surface area contributed by atoms with Crippen LogP contribution in [0.2, 0.25) is 5.02 Å². The number of halogens is 3. The number of rotatable bonds is 6. The lowest BCUT2D eigenvalue weighted by Crippen LogP contribution is -2.18. The molecule has 0 N–H and O–H groups in total. The maximum atomic E-state index is 13.3. The summed E-state index contributed by atoms with van der Waals surface area (Å²) in [5.41, 5.74) is 1.78. The highest BCUT2D eigenvalue weighted by molar-refractivity contribution is 6.33. The van der Waals surface area contributed by atoms with Crippen molar-refractivity contribution in [2.75, 3.05) is 13.2 Å². The van der Waals surface area contributed by atoms with E-state index in [0.717, 1.165) is 30.8 Å². The van der Waals surface area contributed by atoms with Crippen LogP contribution in [-0.4, -0.2) is 35.6 Å². The number of ketones is 1. The highest BCUT2D eigenvalue weighted by Crippen LogP contribution is 2.22. The molecule has 8 heteroatoms. The minimum Gasteiger partial charge on any atom is -0.454 e. The minimum atomic E-state index is -1.22. The smallest absolute Gasteiger partial charge is 0.340 e. The fourth-order valence-corrected chi connectivity index (χ4v) is 3.55. The first-order chi connectivity index (χ1) is 13.3. The highest BCUT2D eigenvalue weighted by Gasteiger charge is 2.22. The third-order valence-corrected chi connectivity index (χ3v) is 5.16. The lowest BCUT2D eigenvalue weighted by molar-refractivity contribution is 0.0474. The van der Waals surface area contributed by atoms with Gasteiger partial charge in [-0.05, 0) is 44.9 Å². The lowest BCUT2D eigenvalue weighted by atomic mass is 10.1. The van der Waals surface area contributed by atoms with Crippen molar-refractivity contribution in [2.45, 2.75) is 39.3 Å². The Morgan fingerprint density at radius 1 is 1.21 bits per heavy atom. The second-order valence-corrected chi connectivity index (χ2v) is 7.18. The Kier molecular flexibility index (Phi) is 6.15. The summed E-state index contributed by atoms with van der Waals surface area (Å²) in [5.74, 6) is -3.78. The maximum absolute atomic E-state index is 13.3. The van der Waals surface area contributed by atoms with Gasteiger partial charge in [0.05, 0.1) is 16.7 Å². The van der Waals surface area contributed by atoms with Crippen LogP contribution in [0.5, 0.6) is 0 Å². The molecule has 1 aliphatic heterocycles. The van der Waals surface area contributed by atoms with Gasteiger partial charge in [-0.25, -0.2) is 13.6 Å². The van der Waals surface area contributed by atoms with Crippen LogP contribution < -0.4 is 0 Å². The number of aryl methyl sites for hydroxylation is 1. The lowest BCUT2D eigenvalue weighted by Gasteiger charge is -2.14. The Labute approximate surface area is 166 Å². The molecule has 3 rings (SSSR count). The Hall–Kier alpha value is -2.25. The molecule has 0 bridgehead atoms. The molecule has 5 nitrogen and oxygen atoms in total. The largest absolute Gasteiger partial charge is 0.454 e. The number of hydrogen-bond acceptors (Lipinski definition) is 4. The van der Waals surface area contributed by atoms with Crippen LogP contribution in [0.4, 0.5) is 8.78 Å². The Bertz CT molecular complexity index is 919. The molecule has 1 saturated heterocycles. The fourth-order valence-electron chi connectivity index (χ4n) is 3.32. The van der Waals surface area contributed by atoms with E-state index in [1.165, 1.54) is 0 Å². The van der Waals surface area contributed by atoms with Gasteiger partial charge in [-0.2, -0.15) is 0 Å². The third kappa shape index (κ3) is 4.25. The summed E-state index contributed by atoms with van der Waals surface area (Å²) < 4.78 is 39.1. The Morgan fingerprint density at radius 3 is 2.61 bits per heavy atom. The Balaban J connectivity index is 1.68. The number of benzene rings is 1. The van der Waals surface area contributed by atoms with E-state index >= 15 is 0 Å². The summed E-state index contributed by atoms with van der Waals surface area (Å²) in [7, 11) is 0. The van der Waals surface area contributed by atoms with Gasteiger partial charge in [0.1, 0.15) is 0 Å². The standard InChI is InChI=1S/C20H20ClF2NO4/c1-11-6-14(12(2)24(11)9-13-4-3-5-27-13)19(25)10-28-20(26)15-7-17(22)18(23)8-16(15)21/h6-8,13H,3-5,9-10H2,1-2H3. The van der Waals surface area contributed by atoms with Crippen molar-refractivity contribution >= 4 is 23.4 Å². The normalized spacial score (nSPS) is 16.4. The molecular formula is C20H20ClF2NO4. The Morgan fingerprint density at radius 2 is 1.93 bits per heavy atom. The first kappa shape index (κ1) is 20.5. The SMILES string of the molecule is Cc1cc(C(=O)COC(=O)c2cc(F)c(F)cc2Cl)c(C)n1CC1CCCO1. The number of carbonyl (C=O) groups excluding carboxylic acids is 2. The van der Waals surface area contributed by atoms with E-state index in [-0.39, 0.29) is 16.7 Å². The summed E-state index contributed by atoms with van der Waals surface area (Å²) in [6, 6.07) is 3.08. The molecule has 2 aromatic rings. The van der Waals surface area contributed by atoms with Crippen molar-refractivity contribution in [1.82, 2.24) is 4.57 Å². The van der Waals surface area contributed by atoms with Gasteiger partial charge in [-0.3, -0.25) is 4.79 Å². The fraction of sp³-hybridized carbons (Fsp3) is 0.400. The topological polar surface area (TPSA) is 57.5 Å². The number of hydrogen-bond donors (Lipinski definition) is 0. The van der Waals surface area contributed by atoms with E-state index in [1.54, 1.807) is 6.07 Å². The molecule has 0 aliphatic carbocycles. The molecule has 1 atom stereocenters. The summed E-state index contributed by atoms with van der Waals surface area (Å²) >= 11 is 5.75. The molecular weight excluding hydrogens is 392 g/mol. The van der Waals surface area contributed by atoms with Gasteiger partial charge in [0, 0.05) is 30.1 Å². The first-order valence-corrected chi connectivity index (χ1v) is 9.29. The van der Waals surface area contributed by atoms with E-state index in [2.05, 4.69) is 0 Å². The number of nitrogens with zero attached hydrogens (tertiary/aromatic N) is 1. The van der Waals surface area contributed by atoms with Crippen LogP contribution in [0.25, 0.3) is 0 Å². The zero-order valence-electron chi connectivity index (χ0n) is 15.6. The molecule has 1 unspecified atom stereocenters. The van der Waals surface area contributed by atoms with Crippen LogP contribution in [0.15, 0.2) is 18.2 Å². The molecule has 1 aromatic carbocycles. The molecule has 150 valence electrons. The average molecular weight is 412 g/mol. The maximum Gasteiger partial charge on any atom is 0.340 e. The number of aromatic nitrogens is 1. The van der Waals surface area contributed by atoms with Gasteiger partial charge in [-0.1, -0.05) is 11.6 Å². The summed E-state index contributed by atoms with van der Waals surface area (Å²) in [6.45, 7) is 4.60. The second kappa shape index (κ2) is 8.41. The summed E-state index contributed by atoms with van der Waals surface area (Å²) in [4.78, 5) is 24.6. The van der Waals surface area contributed by atoms with Crippen LogP contribution in [0.3, 0.4) is 0 Å². The van der Waals surface area contributed by atoms with E-state index in [4.69, 9.17) is 21.1 Å². The quantitative estimate of drug-likeness (QED) is 0.405. The van der Waals surface area contributed by atoms with Crippen molar-refractivity contribution in [2.24, 2.45) is 0 Å². The van der Waals surface area contributed by atoms with Crippen molar-refractivity contribution in [3.63, 3.8) is 0 Å². The molecule has 1 aromatic heterocycles. The zero-order valence-corrected chi connectivity index (χ0v) is 16.3. The first-order valence-electron chi connectivity index (χ1n) is 8.91. The van der Waals surface area contributed by atoms with Crippen molar-refractivity contribution < 1.29 is 27.8 Å². The molecule has 0 radical (unpaired) electrons. The monoisotopic (exact) mass is 411 g/mol. The number of carbonyl (C=O) groups is 2. The summed E-state index contributed by atoms with van der Waals surface area (Å²) in [5, 5.41) is -0.286. The number of esters is 1. The van der Waals surface area contributed by atoms with E-state index in [1.807, 2.05) is 18.4 Å². The zero-order chi connectivity index (χ0) is 20.4. The van der Waals surface area contributed by atoms with Gasteiger partial charge in [-0.15, -0.1) is 0 Å². The van der Waals surface area contributed by atoms with Crippen LogP contribution >= 0.6 is 11.6 Å². The van der Waals surface area contributed by atoms with Gasteiger partial charge < -0.3 is 14.0 Å². The van der Waals surface area contributed by atoms with Gasteiger partial charge in [0.2, 0.25) is 5.78 Å². The summed E-state index contributed by atoms with van der Waals surface area (Å²) in [6.07, 6.45) is 2.13. The van der Waals surface area contributed by atoms with E-state index < -0.39 is 30.0 Å². The van der Waals surface area contributed by atoms with E-state index in [0.29, 0.717) is 24.2 Å². The van der Waals surface area contributed by atoms with Crippen molar-refractivity contribution in [1.29, 1.82) is 0 Å². The second-order valence-electron chi connectivity index (χ2n) is 6.78. The number of Topliss-reactive ketones (excluding diaryl/α,β-unsaturated/α-hetero) is 1. The highest BCUT2D eigenvalue weighted by atomic mass is 35.5. The van der Waals surface area contributed by atoms with Crippen LogP contribution in [-0.2, 0) is 16.0 Å². The average Bonchev–Trinajstić information content (AvgIpc) is 3.26. The molecule has 1 fully saturated rings. The molecule has 1 aliphatic rings. The van der Waals surface area contributed by atoms with Crippen molar-refractivity contribution in [3.8, 4) is 0 Å². The van der Waals surface area contributed by atoms with Crippen molar-refractivity contribution in [3.05, 3.63) is 57.4 Å². The van der Waals surface area contributed by atoms with Crippen LogP contribution in [0.1, 0.15) is 44.9 Å². The molecule has 2 heterocycles. The van der Waals surface area contributed by atoms with Gasteiger partial charge in [0.25, 0.3) is 0 Å². The third-order valence-electron chi connectivity index (χ3n) is 4.85. The predicted octanol–water partition coefficient (Wildman–Crippen LogP) is 4.26. The minimum absolute atomic E-state index is 0.126. The van der Waals surface area contributed by atoms with E-state index in [9.17, 15) is 18.4 Å². The predicted molar refractivity (Wildman–Crippen MR) is 98.9 cm³/mol. The molecule has 0 spiro atoms.